The van der Waals surface area contributed by atoms with E-state index in [1.165, 1.54) is 4.68 Å². The number of anilines is 3. The van der Waals surface area contributed by atoms with Gasteiger partial charge in [-0.15, -0.1) is 5.10 Å². The summed E-state index contributed by atoms with van der Waals surface area (Å²) in [5, 5.41) is 15.5. The summed E-state index contributed by atoms with van der Waals surface area (Å²) in [6, 6.07) is 3.08. The Kier molecular flexibility index (Phi) is 3.84. The number of rotatable bonds is 2. The number of nitrogens with zero attached hydrogens (tertiary/aromatic N) is 3. The Hall–Kier alpha value is -1.50. The summed E-state index contributed by atoms with van der Waals surface area (Å²) in [4.78, 5) is 3.93. The molecule has 0 saturated heterocycles. The second-order valence-corrected chi connectivity index (χ2v) is 4.91. The minimum Gasteiger partial charge on any atom is -0.380 e. The van der Waals surface area contributed by atoms with E-state index in [9.17, 15) is 0 Å². The van der Waals surface area contributed by atoms with Gasteiger partial charge in [-0.25, -0.2) is 4.68 Å². The Bertz CT molecular complexity index is 647. The fraction of sp³-hybridized carbons (Fsp3) is 0.100. The fourth-order valence-corrected chi connectivity index (χ4v) is 2.29. The van der Waals surface area contributed by atoms with Crippen LogP contribution in [0.5, 0.6) is 0 Å². The zero-order valence-electron chi connectivity index (χ0n) is 9.71. The number of benzene rings is 1. The van der Waals surface area contributed by atoms with Gasteiger partial charge in [0.15, 0.2) is 11.3 Å². The van der Waals surface area contributed by atoms with Crippen LogP contribution in [0.3, 0.4) is 0 Å². The molecule has 1 heterocycles. The average Bonchev–Trinajstić information content (AvgIpc) is 2.30. The Morgan fingerprint density at radius 3 is 2.37 bits per heavy atom. The van der Waals surface area contributed by atoms with Crippen molar-refractivity contribution in [2.45, 2.75) is 0 Å². The molecule has 0 spiro atoms. The van der Waals surface area contributed by atoms with Crippen molar-refractivity contribution in [2.24, 2.45) is 7.05 Å². The van der Waals surface area contributed by atoms with Gasteiger partial charge >= 0.3 is 0 Å². The van der Waals surface area contributed by atoms with Crippen LogP contribution in [0.25, 0.3) is 0 Å². The second kappa shape index (κ2) is 5.24. The Morgan fingerprint density at radius 2 is 1.84 bits per heavy atom. The summed E-state index contributed by atoms with van der Waals surface area (Å²) in [5.41, 5.74) is 6.02. The van der Waals surface area contributed by atoms with Gasteiger partial charge in [0.2, 0.25) is 5.95 Å². The summed E-state index contributed by atoms with van der Waals surface area (Å²) in [7, 11) is 1.58. The monoisotopic (exact) mass is 318 g/mol. The van der Waals surface area contributed by atoms with Gasteiger partial charge in [0, 0.05) is 12.1 Å². The van der Waals surface area contributed by atoms with Crippen LogP contribution >= 0.6 is 34.8 Å². The lowest BCUT2D eigenvalue weighted by Gasteiger charge is -2.11. The molecule has 19 heavy (non-hydrogen) atoms. The van der Waals surface area contributed by atoms with E-state index in [2.05, 4.69) is 15.4 Å². The summed E-state index contributed by atoms with van der Waals surface area (Å²) >= 11 is 17.9. The third-order valence-corrected chi connectivity index (χ3v) is 3.10. The number of halogens is 3. The largest absolute Gasteiger partial charge is 0.380 e. The molecule has 4 N–H and O–H groups in total. The molecule has 6 nitrogen and oxygen atoms in total. The Labute approximate surface area is 123 Å². The number of aryl methyl sites for hydroxylation is 1. The molecule has 0 aliphatic heterocycles. The molecule has 0 bridgehead atoms. The zero-order chi connectivity index (χ0) is 14.2. The first kappa shape index (κ1) is 13.9. The third-order valence-electron chi connectivity index (χ3n) is 2.28. The topological polar surface area (TPSA) is 92.6 Å². The van der Waals surface area contributed by atoms with Crippen molar-refractivity contribution in [2.75, 3.05) is 11.1 Å². The van der Waals surface area contributed by atoms with Crippen LogP contribution in [0.15, 0.2) is 12.1 Å². The summed E-state index contributed by atoms with van der Waals surface area (Å²) in [5.74, 6) is 0.225. The lowest BCUT2D eigenvalue weighted by Crippen LogP contribution is -2.25. The van der Waals surface area contributed by atoms with Gasteiger partial charge in [0.25, 0.3) is 0 Å². The maximum atomic E-state index is 7.55. The minimum atomic E-state index is 0.0128. The number of aromatic nitrogens is 3. The van der Waals surface area contributed by atoms with Crippen molar-refractivity contribution in [3.63, 3.8) is 0 Å². The van der Waals surface area contributed by atoms with Gasteiger partial charge in [-0.05, 0) is 12.1 Å². The molecule has 100 valence electrons. The maximum absolute atomic E-state index is 7.55. The summed E-state index contributed by atoms with van der Waals surface area (Å²) in [6.07, 6.45) is 0. The molecule has 2 rings (SSSR count). The van der Waals surface area contributed by atoms with E-state index in [1.54, 1.807) is 19.2 Å². The van der Waals surface area contributed by atoms with Crippen molar-refractivity contribution in [1.82, 2.24) is 14.8 Å². The molecule has 0 aliphatic carbocycles. The number of nitrogens with one attached hydrogen (secondary N) is 2. The quantitative estimate of drug-likeness (QED) is 0.793. The van der Waals surface area contributed by atoms with Crippen LogP contribution in [0.2, 0.25) is 15.1 Å². The predicted octanol–water partition coefficient (Wildman–Crippen LogP) is 2.58. The molecule has 0 fully saturated rings. The van der Waals surface area contributed by atoms with Crippen molar-refractivity contribution < 1.29 is 0 Å². The average molecular weight is 320 g/mol. The highest BCUT2D eigenvalue weighted by atomic mass is 35.5. The number of hydrogen-bond acceptors (Lipinski definition) is 5. The van der Waals surface area contributed by atoms with E-state index >= 15 is 0 Å². The standard InChI is InChI=1S/C10H9Cl3N6/c1-19-9(15)8(14)17-10(18-19)16-7-5(12)2-4(11)3-6(7)13/h2-3,15H,1H3,(H3,14,16,17,18). The van der Waals surface area contributed by atoms with Gasteiger partial charge in [0.05, 0.1) is 15.7 Å². The van der Waals surface area contributed by atoms with Gasteiger partial charge in [-0.2, -0.15) is 4.98 Å². The summed E-state index contributed by atoms with van der Waals surface area (Å²) < 4.78 is 1.28. The van der Waals surface area contributed by atoms with Crippen LogP contribution < -0.4 is 16.5 Å². The van der Waals surface area contributed by atoms with Crippen LogP contribution in [-0.2, 0) is 7.05 Å². The van der Waals surface area contributed by atoms with E-state index in [-0.39, 0.29) is 17.3 Å². The van der Waals surface area contributed by atoms with Crippen molar-refractivity contribution in [1.29, 1.82) is 5.41 Å². The molecule has 0 radical (unpaired) electrons. The molecule has 9 heteroatoms. The van der Waals surface area contributed by atoms with Gasteiger partial charge < -0.3 is 11.1 Å². The summed E-state index contributed by atoms with van der Waals surface area (Å²) in [6.45, 7) is 0. The Balaban J connectivity index is 2.45. The van der Waals surface area contributed by atoms with Gasteiger partial charge in [-0.1, -0.05) is 34.8 Å². The van der Waals surface area contributed by atoms with Crippen molar-refractivity contribution in [3.8, 4) is 0 Å². The van der Waals surface area contributed by atoms with Crippen LogP contribution in [0, 0.1) is 5.41 Å². The van der Waals surface area contributed by atoms with Crippen LogP contribution in [0.4, 0.5) is 17.5 Å². The number of hydrogen-bond donors (Lipinski definition) is 3. The van der Waals surface area contributed by atoms with E-state index in [1.807, 2.05) is 0 Å². The lowest BCUT2D eigenvalue weighted by molar-refractivity contribution is 0.675. The fourth-order valence-electron chi connectivity index (χ4n) is 1.37. The highest BCUT2D eigenvalue weighted by Gasteiger charge is 2.10. The molecule has 0 aliphatic rings. The predicted molar refractivity (Wildman–Crippen MR) is 76.0 cm³/mol. The first-order chi connectivity index (χ1) is 8.88. The first-order valence-electron chi connectivity index (χ1n) is 5.05. The minimum absolute atomic E-state index is 0.0128. The molecular weight excluding hydrogens is 311 g/mol. The molecule has 0 atom stereocenters. The van der Waals surface area contributed by atoms with Gasteiger partial charge in [0.1, 0.15) is 0 Å². The van der Waals surface area contributed by atoms with E-state index in [0.29, 0.717) is 20.8 Å². The van der Waals surface area contributed by atoms with E-state index in [0.717, 1.165) is 0 Å². The zero-order valence-corrected chi connectivity index (χ0v) is 12.0. The highest BCUT2D eigenvalue weighted by molar-refractivity contribution is 6.41. The smallest absolute Gasteiger partial charge is 0.247 e. The molecule has 1 aromatic heterocycles. The van der Waals surface area contributed by atoms with E-state index < -0.39 is 0 Å². The molecule has 0 amide bonds. The highest BCUT2D eigenvalue weighted by Crippen LogP contribution is 2.34. The molecule has 0 unspecified atom stereocenters. The molecule has 1 aromatic carbocycles. The Morgan fingerprint density at radius 1 is 1.26 bits per heavy atom. The number of nitrogens with two attached hydrogens (primary N) is 1. The lowest BCUT2D eigenvalue weighted by atomic mass is 10.3. The second-order valence-electron chi connectivity index (χ2n) is 3.66. The number of nitrogen functional groups attached to an aromatic ring is 1. The van der Waals surface area contributed by atoms with Crippen LogP contribution in [-0.4, -0.2) is 14.8 Å². The van der Waals surface area contributed by atoms with Crippen molar-refractivity contribution >= 4 is 52.3 Å². The van der Waals surface area contributed by atoms with Crippen LogP contribution in [0.1, 0.15) is 0 Å². The first-order valence-corrected chi connectivity index (χ1v) is 6.19. The van der Waals surface area contributed by atoms with E-state index in [4.69, 9.17) is 45.9 Å². The molecular formula is C10H9Cl3N6. The molecule has 0 saturated carbocycles. The molecule has 2 aromatic rings. The van der Waals surface area contributed by atoms with Crippen molar-refractivity contribution in [3.05, 3.63) is 32.7 Å². The van der Waals surface area contributed by atoms with Gasteiger partial charge in [-0.3, -0.25) is 5.41 Å². The SMILES string of the molecule is Cn1nc(Nc2c(Cl)cc(Cl)cc2Cl)nc(N)c1=N. The third kappa shape index (κ3) is 2.91. The normalized spacial score (nSPS) is 10.5. The maximum Gasteiger partial charge on any atom is 0.247 e.